The van der Waals surface area contributed by atoms with Crippen LogP contribution in [0.25, 0.3) is 0 Å². The van der Waals surface area contributed by atoms with Crippen LogP contribution in [0.2, 0.25) is 0 Å². The van der Waals surface area contributed by atoms with E-state index in [1.807, 2.05) is 6.07 Å². The van der Waals surface area contributed by atoms with Crippen molar-refractivity contribution in [2.24, 2.45) is 4.99 Å². The Labute approximate surface area is 155 Å². The van der Waals surface area contributed by atoms with E-state index in [4.69, 9.17) is 9.47 Å². The fraction of sp³-hybridized carbons (Fsp3) is 0.650. The van der Waals surface area contributed by atoms with Gasteiger partial charge in [0.05, 0.1) is 12.7 Å². The molecule has 1 saturated heterocycles. The summed E-state index contributed by atoms with van der Waals surface area (Å²) in [4.78, 5) is 4.27. The first-order chi connectivity index (χ1) is 12.7. The summed E-state index contributed by atoms with van der Waals surface area (Å²) in [5.74, 6) is 0.617. The van der Waals surface area contributed by atoms with Crippen molar-refractivity contribution in [2.75, 3.05) is 40.0 Å². The van der Waals surface area contributed by atoms with Crippen LogP contribution in [0.4, 0.5) is 4.39 Å². The number of hydrogen-bond acceptors (Lipinski definition) is 3. The van der Waals surface area contributed by atoms with E-state index in [9.17, 15) is 4.39 Å². The molecule has 2 N–H and O–H groups in total. The highest BCUT2D eigenvalue weighted by molar-refractivity contribution is 5.79. The highest BCUT2D eigenvalue weighted by atomic mass is 19.1. The molecule has 1 unspecified atom stereocenters. The zero-order chi connectivity index (χ0) is 18.2. The molecule has 1 heterocycles. The maximum absolute atomic E-state index is 13.5. The Kier molecular flexibility index (Phi) is 6.86. The minimum Gasteiger partial charge on any atom is -0.379 e. The standard InChI is InChI=1S/C20H30FN3O2/c1-22-19(23-10-4-11-25-14-18-7-3-12-26-18)24-15-20(8-9-20)16-5-2-6-17(21)13-16/h2,5-6,13,18H,3-4,7-12,14-15H2,1H3,(H2,22,23,24). The topological polar surface area (TPSA) is 54.9 Å². The van der Waals surface area contributed by atoms with Crippen LogP contribution >= 0.6 is 0 Å². The molecule has 1 aliphatic carbocycles. The number of nitrogens with zero attached hydrogens (tertiary/aromatic N) is 1. The lowest BCUT2D eigenvalue weighted by Crippen LogP contribution is -2.41. The smallest absolute Gasteiger partial charge is 0.191 e. The van der Waals surface area contributed by atoms with E-state index in [2.05, 4.69) is 15.6 Å². The third-order valence-corrected chi connectivity index (χ3v) is 5.19. The number of aliphatic imine (C=N–C) groups is 1. The molecule has 1 atom stereocenters. The largest absolute Gasteiger partial charge is 0.379 e. The van der Waals surface area contributed by atoms with Crippen molar-refractivity contribution in [1.82, 2.24) is 10.6 Å². The van der Waals surface area contributed by atoms with Crippen molar-refractivity contribution in [3.63, 3.8) is 0 Å². The first-order valence-corrected chi connectivity index (χ1v) is 9.62. The summed E-state index contributed by atoms with van der Waals surface area (Å²) in [6, 6.07) is 6.94. The summed E-state index contributed by atoms with van der Waals surface area (Å²) in [5.41, 5.74) is 1.12. The van der Waals surface area contributed by atoms with Gasteiger partial charge >= 0.3 is 0 Å². The van der Waals surface area contributed by atoms with E-state index >= 15 is 0 Å². The Morgan fingerprint density at radius 3 is 2.96 bits per heavy atom. The zero-order valence-corrected chi connectivity index (χ0v) is 15.6. The van der Waals surface area contributed by atoms with Gasteiger partial charge in [-0.25, -0.2) is 4.39 Å². The highest BCUT2D eigenvalue weighted by Gasteiger charge is 2.44. The quantitative estimate of drug-likeness (QED) is 0.402. The molecule has 3 rings (SSSR count). The van der Waals surface area contributed by atoms with Gasteiger partial charge in [-0.15, -0.1) is 0 Å². The molecule has 26 heavy (non-hydrogen) atoms. The number of hydrogen-bond donors (Lipinski definition) is 2. The molecule has 0 radical (unpaired) electrons. The second-order valence-corrected chi connectivity index (χ2v) is 7.21. The van der Waals surface area contributed by atoms with Crippen LogP contribution in [0.15, 0.2) is 29.3 Å². The number of ether oxygens (including phenoxy) is 2. The van der Waals surface area contributed by atoms with Gasteiger partial charge in [-0.1, -0.05) is 12.1 Å². The van der Waals surface area contributed by atoms with E-state index in [1.54, 1.807) is 19.2 Å². The number of benzene rings is 1. The molecule has 144 valence electrons. The summed E-state index contributed by atoms with van der Waals surface area (Å²) in [6.07, 6.45) is 5.63. The average Bonchev–Trinajstić information content (AvgIpc) is 3.27. The number of nitrogens with one attached hydrogen (secondary N) is 2. The van der Waals surface area contributed by atoms with Crippen LogP contribution in [0.1, 0.15) is 37.7 Å². The molecule has 2 fully saturated rings. The second kappa shape index (κ2) is 9.33. The van der Waals surface area contributed by atoms with Crippen LogP contribution in [-0.2, 0) is 14.9 Å². The molecular formula is C20H30FN3O2. The van der Waals surface area contributed by atoms with Crippen molar-refractivity contribution < 1.29 is 13.9 Å². The van der Waals surface area contributed by atoms with Crippen molar-refractivity contribution in [2.45, 2.75) is 43.6 Å². The van der Waals surface area contributed by atoms with Crippen molar-refractivity contribution in [1.29, 1.82) is 0 Å². The molecule has 0 amide bonds. The fourth-order valence-corrected chi connectivity index (χ4v) is 3.38. The van der Waals surface area contributed by atoms with Gasteiger partial charge in [0.2, 0.25) is 0 Å². The van der Waals surface area contributed by atoms with Gasteiger partial charge in [0.15, 0.2) is 5.96 Å². The molecule has 0 aromatic heterocycles. The van der Waals surface area contributed by atoms with Crippen LogP contribution in [0.3, 0.4) is 0 Å². The van der Waals surface area contributed by atoms with Gasteiger partial charge in [-0.3, -0.25) is 4.99 Å². The van der Waals surface area contributed by atoms with Crippen LogP contribution in [-0.4, -0.2) is 52.0 Å². The Morgan fingerprint density at radius 2 is 2.27 bits per heavy atom. The first-order valence-electron chi connectivity index (χ1n) is 9.62. The lowest BCUT2D eigenvalue weighted by molar-refractivity contribution is 0.0168. The van der Waals surface area contributed by atoms with Gasteiger partial charge in [-0.2, -0.15) is 0 Å². The Bertz CT molecular complexity index is 598. The molecule has 0 spiro atoms. The number of rotatable bonds is 9. The van der Waals surface area contributed by atoms with Crippen molar-refractivity contribution >= 4 is 5.96 Å². The van der Waals surface area contributed by atoms with Crippen LogP contribution < -0.4 is 10.6 Å². The lowest BCUT2D eigenvalue weighted by Gasteiger charge is -2.19. The van der Waals surface area contributed by atoms with E-state index in [0.717, 1.165) is 69.9 Å². The van der Waals surface area contributed by atoms with E-state index in [-0.39, 0.29) is 17.3 Å². The van der Waals surface area contributed by atoms with Gasteiger partial charge in [0.1, 0.15) is 5.82 Å². The van der Waals surface area contributed by atoms with Gasteiger partial charge in [0.25, 0.3) is 0 Å². The number of halogens is 1. The third kappa shape index (κ3) is 5.42. The molecule has 1 saturated carbocycles. The second-order valence-electron chi connectivity index (χ2n) is 7.21. The van der Waals surface area contributed by atoms with Crippen molar-refractivity contribution in [3.8, 4) is 0 Å². The highest BCUT2D eigenvalue weighted by Crippen LogP contribution is 2.47. The molecule has 1 aromatic rings. The van der Waals surface area contributed by atoms with E-state index < -0.39 is 0 Å². The maximum Gasteiger partial charge on any atom is 0.191 e. The molecule has 6 heteroatoms. The zero-order valence-electron chi connectivity index (χ0n) is 15.6. The van der Waals surface area contributed by atoms with Crippen LogP contribution in [0.5, 0.6) is 0 Å². The molecular weight excluding hydrogens is 333 g/mol. The number of guanidine groups is 1. The Balaban J connectivity index is 1.32. The fourth-order valence-electron chi connectivity index (χ4n) is 3.38. The minimum atomic E-state index is -0.167. The van der Waals surface area contributed by atoms with Gasteiger partial charge < -0.3 is 20.1 Å². The minimum absolute atomic E-state index is 0.0457. The van der Waals surface area contributed by atoms with Crippen molar-refractivity contribution in [3.05, 3.63) is 35.6 Å². The summed E-state index contributed by atoms with van der Waals surface area (Å²) in [7, 11) is 1.77. The van der Waals surface area contributed by atoms with Gasteiger partial charge in [-0.05, 0) is 49.8 Å². The molecule has 2 aliphatic rings. The van der Waals surface area contributed by atoms with E-state index in [1.165, 1.54) is 6.07 Å². The molecule has 0 bridgehead atoms. The summed E-state index contributed by atoms with van der Waals surface area (Å²) in [5, 5.41) is 6.70. The first kappa shape index (κ1) is 19.1. The predicted octanol–water partition coefficient (Wildman–Crippen LogP) is 2.61. The predicted molar refractivity (Wildman–Crippen MR) is 101 cm³/mol. The van der Waals surface area contributed by atoms with Gasteiger partial charge in [0, 0.05) is 38.8 Å². The maximum atomic E-state index is 13.5. The normalized spacial score (nSPS) is 21.6. The molecule has 1 aromatic carbocycles. The monoisotopic (exact) mass is 363 g/mol. The molecule has 1 aliphatic heterocycles. The van der Waals surface area contributed by atoms with Crippen LogP contribution in [0, 0.1) is 5.82 Å². The van der Waals surface area contributed by atoms with E-state index in [0.29, 0.717) is 6.61 Å². The third-order valence-electron chi connectivity index (χ3n) is 5.19. The average molecular weight is 363 g/mol. The summed E-state index contributed by atoms with van der Waals surface area (Å²) in [6.45, 7) is 3.86. The molecule has 5 nitrogen and oxygen atoms in total. The summed E-state index contributed by atoms with van der Waals surface area (Å²) < 4.78 is 24.7. The Hall–Kier alpha value is -1.66. The summed E-state index contributed by atoms with van der Waals surface area (Å²) >= 11 is 0. The Morgan fingerprint density at radius 1 is 1.38 bits per heavy atom. The SMILES string of the molecule is CN=C(NCCCOCC1CCCO1)NCC1(c2cccc(F)c2)CC1. The lowest BCUT2D eigenvalue weighted by atomic mass is 9.96.